The second-order valence-corrected chi connectivity index (χ2v) is 6.91. The number of rotatable bonds is 7. The predicted octanol–water partition coefficient (Wildman–Crippen LogP) is 3.05. The monoisotopic (exact) mass is 368 g/mol. The molecule has 0 bridgehead atoms. The molecule has 3 rings (SSSR count). The smallest absolute Gasteiger partial charge is 0.251 e. The van der Waals surface area contributed by atoms with Crippen molar-refractivity contribution < 1.29 is 19.1 Å². The van der Waals surface area contributed by atoms with Crippen LogP contribution in [0.4, 0.5) is 0 Å². The number of carbonyl (C=O) groups excluding carboxylic acids is 2. The molecule has 1 heterocycles. The molecule has 1 aliphatic rings. The highest BCUT2D eigenvalue weighted by atomic mass is 16.7. The lowest BCUT2D eigenvalue weighted by molar-refractivity contribution is -0.121. The maximum absolute atomic E-state index is 12.4. The number of benzene rings is 2. The SMILES string of the molecule is CC(C)C[C@H](NC(=O)CNC(=O)c1ccc2c(c1)OCO2)c1ccccc1. The van der Waals surface area contributed by atoms with Crippen LogP contribution < -0.4 is 20.1 Å². The van der Waals surface area contributed by atoms with Crippen molar-refractivity contribution in [1.82, 2.24) is 10.6 Å². The van der Waals surface area contributed by atoms with Gasteiger partial charge in [0, 0.05) is 5.56 Å². The Morgan fingerprint density at radius 3 is 2.52 bits per heavy atom. The number of nitrogens with one attached hydrogen (secondary N) is 2. The van der Waals surface area contributed by atoms with E-state index in [0.29, 0.717) is 23.0 Å². The Bertz CT molecular complexity index is 805. The first kappa shape index (κ1) is 18.8. The van der Waals surface area contributed by atoms with Crippen molar-refractivity contribution in [1.29, 1.82) is 0 Å². The fourth-order valence-corrected chi connectivity index (χ4v) is 2.98. The topological polar surface area (TPSA) is 76.7 Å². The Kier molecular flexibility index (Phi) is 5.96. The molecular formula is C21H24N2O4. The van der Waals surface area contributed by atoms with Crippen molar-refractivity contribution in [2.75, 3.05) is 13.3 Å². The van der Waals surface area contributed by atoms with E-state index in [2.05, 4.69) is 24.5 Å². The molecule has 142 valence electrons. The fraction of sp³-hybridized carbons (Fsp3) is 0.333. The van der Waals surface area contributed by atoms with Crippen LogP contribution in [0, 0.1) is 5.92 Å². The number of hydrogen-bond acceptors (Lipinski definition) is 4. The lowest BCUT2D eigenvalue weighted by atomic mass is 9.97. The van der Waals surface area contributed by atoms with Gasteiger partial charge in [0.1, 0.15) is 0 Å². The summed E-state index contributed by atoms with van der Waals surface area (Å²) < 4.78 is 10.5. The molecule has 0 radical (unpaired) electrons. The lowest BCUT2D eigenvalue weighted by Gasteiger charge is -2.21. The standard InChI is InChI=1S/C21H24N2O4/c1-14(2)10-17(15-6-4-3-5-7-15)23-20(24)12-22-21(25)16-8-9-18-19(11-16)27-13-26-18/h3-9,11,14,17H,10,12-13H2,1-2H3,(H,22,25)(H,23,24)/t17-/m0/s1. The predicted molar refractivity (Wildman–Crippen MR) is 102 cm³/mol. The van der Waals surface area contributed by atoms with E-state index in [1.807, 2.05) is 30.3 Å². The summed E-state index contributed by atoms with van der Waals surface area (Å²) in [6.07, 6.45) is 0.825. The van der Waals surface area contributed by atoms with E-state index in [9.17, 15) is 9.59 Å². The summed E-state index contributed by atoms with van der Waals surface area (Å²) in [6.45, 7) is 4.29. The number of hydrogen-bond donors (Lipinski definition) is 2. The summed E-state index contributed by atoms with van der Waals surface area (Å²) in [5.41, 5.74) is 1.48. The van der Waals surface area contributed by atoms with Crippen molar-refractivity contribution in [2.24, 2.45) is 5.92 Å². The van der Waals surface area contributed by atoms with Crippen LogP contribution in [-0.2, 0) is 4.79 Å². The molecule has 0 unspecified atom stereocenters. The highest BCUT2D eigenvalue weighted by Gasteiger charge is 2.18. The van der Waals surface area contributed by atoms with Gasteiger partial charge in [-0.25, -0.2) is 0 Å². The van der Waals surface area contributed by atoms with Crippen LogP contribution in [0.5, 0.6) is 11.5 Å². The van der Waals surface area contributed by atoms with Gasteiger partial charge in [-0.15, -0.1) is 0 Å². The largest absolute Gasteiger partial charge is 0.454 e. The van der Waals surface area contributed by atoms with Crippen molar-refractivity contribution in [2.45, 2.75) is 26.3 Å². The second-order valence-electron chi connectivity index (χ2n) is 6.91. The Labute approximate surface area is 158 Å². The van der Waals surface area contributed by atoms with Gasteiger partial charge >= 0.3 is 0 Å². The third kappa shape index (κ3) is 5.00. The highest BCUT2D eigenvalue weighted by molar-refractivity contribution is 5.97. The van der Waals surface area contributed by atoms with Crippen molar-refractivity contribution >= 4 is 11.8 Å². The second kappa shape index (κ2) is 8.58. The highest BCUT2D eigenvalue weighted by Crippen LogP contribution is 2.32. The van der Waals surface area contributed by atoms with Crippen molar-refractivity contribution in [3.8, 4) is 11.5 Å². The molecule has 0 aliphatic carbocycles. The number of carbonyl (C=O) groups is 2. The zero-order valence-electron chi connectivity index (χ0n) is 15.5. The Balaban J connectivity index is 1.56. The number of fused-ring (bicyclic) bond motifs is 1. The molecule has 0 aromatic heterocycles. The molecule has 27 heavy (non-hydrogen) atoms. The summed E-state index contributed by atoms with van der Waals surface area (Å²) in [5, 5.41) is 5.67. The first-order chi connectivity index (χ1) is 13.0. The molecule has 0 saturated heterocycles. The number of amides is 2. The third-order valence-corrected chi connectivity index (χ3v) is 4.29. The van der Waals surface area contributed by atoms with Crippen molar-refractivity contribution in [3.63, 3.8) is 0 Å². The van der Waals surface area contributed by atoms with Gasteiger partial charge in [-0.1, -0.05) is 44.2 Å². The first-order valence-corrected chi connectivity index (χ1v) is 9.05. The average Bonchev–Trinajstić information content (AvgIpc) is 3.13. The molecule has 0 spiro atoms. The van der Waals surface area contributed by atoms with E-state index in [1.54, 1.807) is 18.2 Å². The van der Waals surface area contributed by atoms with Crippen LogP contribution in [0.15, 0.2) is 48.5 Å². The minimum Gasteiger partial charge on any atom is -0.454 e. The summed E-state index contributed by atoms with van der Waals surface area (Å²) in [7, 11) is 0. The van der Waals surface area contributed by atoms with E-state index in [1.165, 1.54) is 0 Å². The minimum atomic E-state index is -0.330. The molecule has 6 heteroatoms. The van der Waals surface area contributed by atoms with Crippen LogP contribution in [0.3, 0.4) is 0 Å². The zero-order chi connectivity index (χ0) is 19.2. The summed E-state index contributed by atoms with van der Waals surface area (Å²) in [4.78, 5) is 24.7. The summed E-state index contributed by atoms with van der Waals surface area (Å²) >= 11 is 0. The Hall–Kier alpha value is -3.02. The lowest BCUT2D eigenvalue weighted by Crippen LogP contribution is -2.39. The number of ether oxygens (including phenoxy) is 2. The van der Waals surface area contributed by atoms with Crippen LogP contribution in [0.1, 0.15) is 42.2 Å². The van der Waals surface area contributed by atoms with Gasteiger partial charge in [0.25, 0.3) is 5.91 Å². The summed E-state index contributed by atoms with van der Waals surface area (Å²) in [6, 6.07) is 14.7. The normalized spacial score (nSPS) is 13.3. The quantitative estimate of drug-likeness (QED) is 0.788. The van der Waals surface area contributed by atoms with Gasteiger partial charge < -0.3 is 20.1 Å². The van der Waals surface area contributed by atoms with Gasteiger partial charge in [0.05, 0.1) is 12.6 Å². The molecule has 2 amide bonds. The fourth-order valence-electron chi connectivity index (χ4n) is 2.98. The van der Waals surface area contributed by atoms with Gasteiger partial charge in [0.2, 0.25) is 12.7 Å². The van der Waals surface area contributed by atoms with E-state index < -0.39 is 0 Å². The maximum atomic E-state index is 12.4. The van der Waals surface area contributed by atoms with Gasteiger partial charge in [0.15, 0.2) is 11.5 Å². The molecule has 2 aromatic carbocycles. The van der Waals surface area contributed by atoms with Crippen LogP contribution in [0.2, 0.25) is 0 Å². The molecule has 2 aromatic rings. The van der Waals surface area contributed by atoms with Crippen LogP contribution in [0.25, 0.3) is 0 Å². The molecule has 6 nitrogen and oxygen atoms in total. The first-order valence-electron chi connectivity index (χ1n) is 9.05. The molecule has 0 fully saturated rings. The molecule has 1 atom stereocenters. The van der Waals surface area contributed by atoms with Crippen LogP contribution >= 0.6 is 0 Å². The van der Waals surface area contributed by atoms with E-state index in [-0.39, 0.29) is 31.2 Å². The van der Waals surface area contributed by atoms with E-state index in [4.69, 9.17) is 9.47 Å². The van der Waals surface area contributed by atoms with Crippen LogP contribution in [-0.4, -0.2) is 25.2 Å². The summed E-state index contributed by atoms with van der Waals surface area (Å²) in [5.74, 6) is 1.03. The Morgan fingerprint density at radius 2 is 1.78 bits per heavy atom. The maximum Gasteiger partial charge on any atom is 0.251 e. The van der Waals surface area contributed by atoms with E-state index in [0.717, 1.165) is 12.0 Å². The molecular weight excluding hydrogens is 344 g/mol. The van der Waals surface area contributed by atoms with Gasteiger partial charge in [-0.05, 0) is 36.1 Å². The van der Waals surface area contributed by atoms with Gasteiger partial charge in [-0.2, -0.15) is 0 Å². The molecule has 0 saturated carbocycles. The average molecular weight is 368 g/mol. The van der Waals surface area contributed by atoms with E-state index >= 15 is 0 Å². The molecule has 2 N–H and O–H groups in total. The molecule has 1 aliphatic heterocycles. The third-order valence-electron chi connectivity index (χ3n) is 4.29. The minimum absolute atomic E-state index is 0.0823. The van der Waals surface area contributed by atoms with Crippen molar-refractivity contribution in [3.05, 3.63) is 59.7 Å². The van der Waals surface area contributed by atoms with Gasteiger partial charge in [-0.3, -0.25) is 9.59 Å². The zero-order valence-corrected chi connectivity index (χ0v) is 15.5. The Morgan fingerprint density at radius 1 is 1.04 bits per heavy atom.